The van der Waals surface area contributed by atoms with Gasteiger partial charge in [0.2, 0.25) is 0 Å². The minimum absolute atomic E-state index is 0.0656. The topological polar surface area (TPSA) is 18.5 Å². The van der Waals surface area contributed by atoms with Crippen LogP contribution in [0.15, 0.2) is 0 Å². The molecular formula is C23H44O2Sn. The molecule has 1 unspecified atom stereocenters. The molecule has 0 spiro atoms. The van der Waals surface area contributed by atoms with Crippen LogP contribution in [0.4, 0.5) is 0 Å². The fourth-order valence-electron chi connectivity index (χ4n) is 3.73. The molecule has 0 aliphatic carbocycles. The molecule has 0 aromatic heterocycles. The van der Waals surface area contributed by atoms with Crippen LogP contribution in [0.1, 0.15) is 97.8 Å². The van der Waals surface area contributed by atoms with E-state index in [-0.39, 0.29) is 6.29 Å². The molecule has 0 N–H and O–H groups in total. The van der Waals surface area contributed by atoms with E-state index in [1.54, 1.807) is 0 Å². The zero-order chi connectivity index (χ0) is 18.9. The SMILES string of the molecule is CCC[CH2][Sn]([C]#CCCCCOC1CCCCO1)([CH2]CCC)[CH2]CCC. The average Bonchev–Trinajstić information content (AvgIpc) is 2.68. The van der Waals surface area contributed by atoms with Crippen molar-refractivity contribution >= 4 is 18.4 Å². The first-order chi connectivity index (χ1) is 12.8. The molecule has 2 nitrogen and oxygen atoms in total. The van der Waals surface area contributed by atoms with Gasteiger partial charge in [-0.05, 0) is 0 Å². The quantitative estimate of drug-likeness (QED) is 0.153. The van der Waals surface area contributed by atoms with Crippen molar-refractivity contribution in [2.45, 2.75) is 117 Å². The van der Waals surface area contributed by atoms with Crippen molar-refractivity contribution in [1.82, 2.24) is 0 Å². The summed E-state index contributed by atoms with van der Waals surface area (Å²) >= 11 is -2.21. The van der Waals surface area contributed by atoms with Crippen molar-refractivity contribution in [3.05, 3.63) is 0 Å². The first-order valence-corrected chi connectivity index (χ1v) is 19.0. The van der Waals surface area contributed by atoms with Crippen molar-refractivity contribution < 1.29 is 9.47 Å². The van der Waals surface area contributed by atoms with E-state index >= 15 is 0 Å². The van der Waals surface area contributed by atoms with Gasteiger partial charge in [0.15, 0.2) is 0 Å². The Bertz CT molecular complexity index is 358. The van der Waals surface area contributed by atoms with E-state index in [9.17, 15) is 0 Å². The monoisotopic (exact) mass is 472 g/mol. The molecule has 1 rings (SSSR count). The summed E-state index contributed by atoms with van der Waals surface area (Å²) in [4.78, 5) is 0. The third-order valence-corrected chi connectivity index (χ3v) is 18.8. The van der Waals surface area contributed by atoms with Gasteiger partial charge in [-0.2, -0.15) is 0 Å². The van der Waals surface area contributed by atoms with Gasteiger partial charge >= 0.3 is 168 Å². The molecule has 0 amide bonds. The minimum atomic E-state index is -2.21. The Balaban J connectivity index is 2.36. The molecule has 3 heteroatoms. The predicted molar refractivity (Wildman–Crippen MR) is 116 cm³/mol. The third kappa shape index (κ3) is 11.2. The Morgan fingerprint density at radius 2 is 1.54 bits per heavy atom. The second-order valence-corrected chi connectivity index (χ2v) is 20.3. The van der Waals surface area contributed by atoms with E-state index in [0.29, 0.717) is 0 Å². The molecule has 0 bridgehead atoms. The molecule has 0 radical (unpaired) electrons. The molecule has 1 atom stereocenters. The molecule has 1 saturated heterocycles. The average molecular weight is 471 g/mol. The zero-order valence-electron chi connectivity index (χ0n) is 17.9. The number of hydrogen-bond donors (Lipinski definition) is 0. The standard InChI is InChI=1S/C11H17O2.3C4H9.Sn/c1-2-3-4-6-9-12-11-8-5-7-10-13-11;3*1-3-4-2;/h11H,3-10H2;3*1,3-4H2,2H3;. The van der Waals surface area contributed by atoms with Gasteiger partial charge < -0.3 is 0 Å². The summed E-state index contributed by atoms with van der Waals surface area (Å²) in [7, 11) is 0. The molecule has 1 aliphatic rings. The van der Waals surface area contributed by atoms with Crippen molar-refractivity contribution in [3.63, 3.8) is 0 Å². The van der Waals surface area contributed by atoms with Crippen LogP contribution in [0.5, 0.6) is 0 Å². The fraction of sp³-hybridized carbons (Fsp3) is 0.913. The molecule has 0 aromatic rings. The predicted octanol–water partition coefficient (Wildman–Crippen LogP) is 7.09. The van der Waals surface area contributed by atoms with Crippen LogP contribution in [-0.2, 0) is 9.47 Å². The van der Waals surface area contributed by atoms with Crippen molar-refractivity contribution in [2.24, 2.45) is 0 Å². The third-order valence-electron chi connectivity index (χ3n) is 5.52. The summed E-state index contributed by atoms with van der Waals surface area (Å²) in [6.07, 6.45) is 15.2. The van der Waals surface area contributed by atoms with Gasteiger partial charge in [0.25, 0.3) is 0 Å². The maximum atomic E-state index is 5.83. The van der Waals surface area contributed by atoms with E-state index in [4.69, 9.17) is 9.47 Å². The summed E-state index contributed by atoms with van der Waals surface area (Å²) < 4.78 is 19.9. The normalized spacial score (nSPS) is 17.7. The van der Waals surface area contributed by atoms with Crippen molar-refractivity contribution in [1.29, 1.82) is 0 Å². The molecule has 1 aliphatic heterocycles. The van der Waals surface area contributed by atoms with Crippen LogP contribution >= 0.6 is 0 Å². The molecule has 0 saturated carbocycles. The molecule has 152 valence electrons. The van der Waals surface area contributed by atoms with Crippen molar-refractivity contribution in [3.8, 4) is 9.86 Å². The van der Waals surface area contributed by atoms with Gasteiger partial charge in [-0.15, -0.1) is 0 Å². The Labute approximate surface area is 168 Å². The first-order valence-electron chi connectivity index (χ1n) is 11.5. The van der Waals surface area contributed by atoms with Gasteiger partial charge in [-0.25, -0.2) is 0 Å². The van der Waals surface area contributed by atoms with Gasteiger partial charge in [0.1, 0.15) is 0 Å². The summed E-state index contributed by atoms with van der Waals surface area (Å²) in [5.74, 6) is 3.65. The first kappa shape index (κ1) is 24.3. The van der Waals surface area contributed by atoms with E-state index in [1.165, 1.54) is 71.1 Å². The summed E-state index contributed by atoms with van der Waals surface area (Å²) in [5.41, 5.74) is 0. The Hall–Kier alpha value is 0.279. The van der Waals surface area contributed by atoms with Gasteiger partial charge in [-0.1, -0.05) is 0 Å². The summed E-state index contributed by atoms with van der Waals surface area (Å²) in [6.45, 7) is 8.71. The van der Waals surface area contributed by atoms with E-state index in [2.05, 4.69) is 30.6 Å². The number of hydrogen-bond acceptors (Lipinski definition) is 2. The molecular weight excluding hydrogens is 427 g/mol. The van der Waals surface area contributed by atoms with E-state index in [0.717, 1.165) is 32.5 Å². The maximum absolute atomic E-state index is 5.83. The number of ether oxygens (including phenoxy) is 2. The van der Waals surface area contributed by atoms with Crippen LogP contribution in [0.2, 0.25) is 13.3 Å². The summed E-state index contributed by atoms with van der Waals surface area (Å²) in [5, 5.41) is 0. The van der Waals surface area contributed by atoms with E-state index < -0.39 is 18.4 Å². The van der Waals surface area contributed by atoms with Crippen molar-refractivity contribution in [2.75, 3.05) is 13.2 Å². The number of unbranched alkanes of at least 4 members (excludes halogenated alkanes) is 5. The van der Waals surface area contributed by atoms with Crippen LogP contribution in [-0.4, -0.2) is 37.9 Å². The molecule has 1 fully saturated rings. The number of rotatable bonds is 14. The molecule has 1 heterocycles. The Kier molecular flexibility index (Phi) is 15.2. The van der Waals surface area contributed by atoms with Gasteiger partial charge in [0.05, 0.1) is 0 Å². The fourth-order valence-corrected chi connectivity index (χ4v) is 17.2. The van der Waals surface area contributed by atoms with Crippen LogP contribution in [0, 0.1) is 9.86 Å². The van der Waals surface area contributed by atoms with Crippen LogP contribution in [0.25, 0.3) is 0 Å². The van der Waals surface area contributed by atoms with Crippen LogP contribution < -0.4 is 0 Å². The van der Waals surface area contributed by atoms with E-state index in [1.807, 2.05) is 0 Å². The van der Waals surface area contributed by atoms with Gasteiger partial charge in [-0.3, -0.25) is 0 Å². The van der Waals surface area contributed by atoms with Crippen LogP contribution in [0.3, 0.4) is 0 Å². The zero-order valence-corrected chi connectivity index (χ0v) is 20.8. The second kappa shape index (κ2) is 16.3. The molecule has 0 aromatic carbocycles. The second-order valence-electron chi connectivity index (χ2n) is 8.02. The Morgan fingerprint density at radius 3 is 2.08 bits per heavy atom. The molecule has 26 heavy (non-hydrogen) atoms. The Morgan fingerprint density at radius 1 is 0.885 bits per heavy atom. The summed E-state index contributed by atoms with van der Waals surface area (Å²) in [6, 6.07) is 0. The van der Waals surface area contributed by atoms with Gasteiger partial charge in [0, 0.05) is 0 Å².